The van der Waals surface area contributed by atoms with Gasteiger partial charge >= 0.3 is 0 Å². The molecule has 25 heavy (non-hydrogen) atoms. The molecule has 0 saturated carbocycles. The van der Waals surface area contributed by atoms with Crippen LogP contribution in [0.2, 0.25) is 0 Å². The molecule has 0 saturated heterocycles. The van der Waals surface area contributed by atoms with Crippen LogP contribution in [0.4, 0.5) is 4.39 Å². The summed E-state index contributed by atoms with van der Waals surface area (Å²) in [5.74, 6) is -0.447. The van der Waals surface area contributed by atoms with Crippen molar-refractivity contribution in [1.82, 2.24) is 10.3 Å². The number of hydrogen-bond acceptors (Lipinski definition) is 2. The normalized spacial score (nSPS) is 11.0. The standard InChI is InChI=1S/C20H22FN3O/c21-15-10-8-14(9-11-15)18-16-6-2-3-7-17(16)24-19(18)20(25)23-13-5-1-4-12-22/h2-3,6-11,24H,1,4-5,12-13,22H2,(H,23,25). The summed E-state index contributed by atoms with van der Waals surface area (Å²) < 4.78 is 13.3. The molecule has 0 aliphatic heterocycles. The maximum absolute atomic E-state index is 13.3. The van der Waals surface area contributed by atoms with Crippen LogP contribution >= 0.6 is 0 Å². The molecule has 1 amide bonds. The van der Waals surface area contributed by atoms with Gasteiger partial charge in [0.05, 0.1) is 0 Å². The van der Waals surface area contributed by atoms with Crippen LogP contribution in [-0.2, 0) is 0 Å². The van der Waals surface area contributed by atoms with E-state index >= 15 is 0 Å². The largest absolute Gasteiger partial charge is 0.351 e. The molecule has 0 unspecified atom stereocenters. The van der Waals surface area contributed by atoms with Crippen LogP contribution in [0.1, 0.15) is 29.8 Å². The van der Waals surface area contributed by atoms with E-state index in [4.69, 9.17) is 5.73 Å². The van der Waals surface area contributed by atoms with Crippen LogP contribution in [0.5, 0.6) is 0 Å². The number of H-pyrrole nitrogens is 1. The van der Waals surface area contributed by atoms with Crippen LogP contribution < -0.4 is 11.1 Å². The highest BCUT2D eigenvalue weighted by Gasteiger charge is 2.18. The van der Waals surface area contributed by atoms with Gasteiger partial charge in [0.15, 0.2) is 0 Å². The first kappa shape index (κ1) is 17.2. The number of unbranched alkanes of at least 4 members (excludes halogenated alkanes) is 2. The molecule has 0 atom stereocenters. The Morgan fingerprint density at radius 3 is 2.56 bits per heavy atom. The van der Waals surface area contributed by atoms with Crippen LogP contribution in [0.25, 0.3) is 22.0 Å². The van der Waals surface area contributed by atoms with E-state index < -0.39 is 0 Å². The Labute approximate surface area is 146 Å². The number of aromatic nitrogens is 1. The van der Waals surface area contributed by atoms with E-state index in [1.54, 1.807) is 12.1 Å². The predicted molar refractivity (Wildman–Crippen MR) is 98.9 cm³/mol. The Kier molecular flexibility index (Phi) is 5.46. The highest BCUT2D eigenvalue weighted by atomic mass is 19.1. The first-order chi connectivity index (χ1) is 12.2. The first-order valence-electron chi connectivity index (χ1n) is 8.55. The molecule has 1 heterocycles. The summed E-state index contributed by atoms with van der Waals surface area (Å²) in [7, 11) is 0. The van der Waals surface area contributed by atoms with E-state index in [-0.39, 0.29) is 11.7 Å². The molecule has 0 aliphatic rings. The van der Waals surface area contributed by atoms with Gasteiger partial charge < -0.3 is 16.0 Å². The Bertz CT molecular complexity index is 855. The zero-order valence-electron chi connectivity index (χ0n) is 14.0. The zero-order valence-corrected chi connectivity index (χ0v) is 14.0. The van der Waals surface area contributed by atoms with Gasteiger partial charge in [0.2, 0.25) is 0 Å². The number of para-hydroxylation sites is 1. The molecular formula is C20H22FN3O. The van der Waals surface area contributed by atoms with Crippen molar-refractivity contribution < 1.29 is 9.18 Å². The van der Waals surface area contributed by atoms with Crippen molar-refractivity contribution in [2.75, 3.05) is 13.1 Å². The number of aromatic amines is 1. The van der Waals surface area contributed by atoms with Crippen LogP contribution in [0, 0.1) is 5.82 Å². The van der Waals surface area contributed by atoms with Crippen molar-refractivity contribution in [3.05, 3.63) is 60.0 Å². The monoisotopic (exact) mass is 339 g/mol. The molecule has 0 spiro atoms. The number of rotatable bonds is 7. The molecule has 3 aromatic rings. The lowest BCUT2D eigenvalue weighted by molar-refractivity contribution is 0.0949. The minimum atomic E-state index is -0.297. The van der Waals surface area contributed by atoms with E-state index in [1.807, 2.05) is 24.3 Å². The van der Waals surface area contributed by atoms with Crippen molar-refractivity contribution >= 4 is 16.8 Å². The quantitative estimate of drug-likeness (QED) is 0.573. The molecule has 0 fully saturated rings. The molecule has 130 valence electrons. The molecule has 0 bridgehead atoms. The van der Waals surface area contributed by atoms with Gasteiger partial charge in [-0.1, -0.05) is 36.8 Å². The summed E-state index contributed by atoms with van der Waals surface area (Å²) in [5.41, 5.74) is 8.48. The molecule has 0 radical (unpaired) electrons. The second-order valence-electron chi connectivity index (χ2n) is 6.03. The lowest BCUT2D eigenvalue weighted by Gasteiger charge is -2.07. The van der Waals surface area contributed by atoms with Crippen molar-refractivity contribution in [3.8, 4) is 11.1 Å². The number of nitrogens with two attached hydrogens (primary N) is 1. The van der Waals surface area contributed by atoms with Gasteiger partial charge in [0, 0.05) is 23.0 Å². The molecule has 3 rings (SSSR count). The number of hydrogen-bond donors (Lipinski definition) is 3. The van der Waals surface area contributed by atoms with E-state index in [9.17, 15) is 9.18 Å². The molecular weight excluding hydrogens is 317 g/mol. The summed E-state index contributed by atoms with van der Waals surface area (Å²) in [4.78, 5) is 15.9. The number of fused-ring (bicyclic) bond motifs is 1. The average Bonchev–Trinajstić information content (AvgIpc) is 3.02. The summed E-state index contributed by atoms with van der Waals surface area (Å²) >= 11 is 0. The third-order valence-corrected chi connectivity index (χ3v) is 4.23. The Morgan fingerprint density at radius 2 is 1.80 bits per heavy atom. The maximum Gasteiger partial charge on any atom is 0.268 e. The number of nitrogens with one attached hydrogen (secondary N) is 2. The average molecular weight is 339 g/mol. The van der Waals surface area contributed by atoms with Crippen molar-refractivity contribution in [1.29, 1.82) is 0 Å². The molecule has 5 heteroatoms. The molecule has 1 aromatic heterocycles. The summed E-state index contributed by atoms with van der Waals surface area (Å²) in [6, 6.07) is 13.9. The number of benzene rings is 2. The van der Waals surface area contributed by atoms with E-state index in [0.29, 0.717) is 18.8 Å². The Hall–Kier alpha value is -2.66. The minimum Gasteiger partial charge on any atom is -0.351 e. The summed E-state index contributed by atoms with van der Waals surface area (Å²) in [5, 5.41) is 3.90. The smallest absolute Gasteiger partial charge is 0.268 e. The first-order valence-corrected chi connectivity index (χ1v) is 8.55. The van der Waals surface area contributed by atoms with E-state index in [2.05, 4.69) is 10.3 Å². The van der Waals surface area contributed by atoms with Crippen LogP contribution in [0.15, 0.2) is 48.5 Å². The second-order valence-corrected chi connectivity index (χ2v) is 6.03. The predicted octanol–water partition coefficient (Wildman–Crippen LogP) is 3.83. The maximum atomic E-state index is 13.3. The fraction of sp³-hybridized carbons (Fsp3) is 0.250. The minimum absolute atomic E-state index is 0.150. The fourth-order valence-electron chi connectivity index (χ4n) is 2.97. The third-order valence-electron chi connectivity index (χ3n) is 4.23. The summed E-state index contributed by atoms with van der Waals surface area (Å²) in [6.07, 6.45) is 2.85. The zero-order chi connectivity index (χ0) is 17.6. The van der Waals surface area contributed by atoms with Gasteiger partial charge in [-0.25, -0.2) is 4.39 Å². The van der Waals surface area contributed by atoms with Gasteiger partial charge in [-0.2, -0.15) is 0 Å². The number of carbonyl (C=O) groups is 1. The van der Waals surface area contributed by atoms with Crippen molar-refractivity contribution in [3.63, 3.8) is 0 Å². The number of halogens is 1. The third kappa shape index (κ3) is 3.88. The summed E-state index contributed by atoms with van der Waals surface area (Å²) in [6.45, 7) is 1.28. The van der Waals surface area contributed by atoms with Gasteiger partial charge in [-0.3, -0.25) is 4.79 Å². The van der Waals surface area contributed by atoms with Crippen LogP contribution in [0.3, 0.4) is 0 Å². The van der Waals surface area contributed by atoms with Gasteiger partial charge in [-0.15, -0.1) is 0 Å². The second kappa shape index (κ2) is 7.94. The number of amides is 1. The highest BCUT2D eigenvalue weighted by Crippen LogP contribution is 2.32. The van der Waals surface area contributed by atoms with Gasteiger partial charge in [0.25, 0.3) is 5.91 Å². The van der Waals surface area contributed by atoms with E-state index in [0.717, 1.165) is 41.3 Å². The van der Waals surface area contributed by atoms with Crippen LogP contribution in [-0.4, -0.2) is 24.0 Å². The lowest BCUT2D eigenvalue weighted by Crippen LogP contribution is -2.25. The Morgan fingerprint density at radius 1 is 1.04 bits per heavy atom. The topological polar surface area (TPSA) is 70.9 Å². The Balaban J connectivity index is 1.90. The van der Waals surface area contributed by atoms with E-state index in [1.165, 1.54) is 12.1 Å². The highest BCUT2D eigenvalue weighted by molar-refractivity contribution is 6.09. The molecule has 0 aliphatic carbocycles. The SMILES string of the molecule is NCCCCCNC(=O)c1[nH]c2ccccc2c1-c1ccc(F)cc1. The lowest BCUT2D eigenvalue weighted by atomic mass is 10.0. The molecule has 4 N–H and O–H groups in total. The fourth-order valence-corrected chi connectivity index (χ4v) is 2.97. The molecule has 2 aromatic carbocycles. The van der Waals surface area contributed by atoms with Crippen molar-refractivity contribution in [2.45, 2.75) is 19.3 Å². The van der Waals surface area contributed by atoms with Gasteiger partial charge in [-0.05, 0) is 43.1 Å². The molecule has 4 nitrogen and oxygen atoms in total. The van der Waals surface area contributed by atoms with Crippen molar-refractivity contribution in [2.24, 2.45) is 5.73 Å². The number of carbonyl (C=O) groups excluding carboxylic acids is 1. The van der Waals surface area contributed by atoms with Gasteiger partial charge in [0.1, 0.15) is 11.5 Å².